The van der Waals surface area contributed by atoms with E-state index < -0.39 is 0 Å². The lowest BCUT2D eigenvalue weighted by atomic mass is 10.2. The van der Waals surface area contributed by atoms with Crippen LogP contribution in [0.5, 0.6) is 0 Å². The van der Waals surface area contributed by atoms with Crippen LogP contribution in [0.2, 0.25) is 5.02 Å². The number of hydrogen-bond donors (Lipinski definition) is 0. The molecule has 0 aliphatic rings. The lowest BCUT2D eigenvalue weighted by Gasteiger charge is -2.11. The first kappa shape index (κ1) is 12.8. The van der Waals surface area contributed by atoms with Crippen molar-refractivity contribution in [1.29, 1.82) is 0 Å². The van der Waals surface area contributed by atoms with Crippen LogP contribution in [-0.4, -0.2) is 0 Å². The van der Waals surface area contributed by atoms with Crippen LogP contribution in [-0.2, 0) is 0 Å². The molecule has 0 spiro atoms. The van der Waals surface area contributed by atoms with Gasteiger partial charge < -0.3 is 0 Å². The van der Waals surface area contributed by atoms with E-state index in [0.717, 1.165) is 15.5 Å². The fourth-order valence-corrected chi connectivity index (χ4v) is 3.00. The van der Waals surface area contributed by atoms with Crippen molar-refractivity contribution in [2.75, 3.05) is 0 Å². The van der Waals surface area contributed by atoms with Crippen LogP contribution in [0.25, 0.3) is 0 Å². The summed E-state index contributed by atoms with van der Waals surface area (Å²) in [5.41, 5.74) is 1.08. The van der Waals surface area contributed by atoms with Crippen LogP contribution in [0.4, 0.5) is 0 Å². The maximum atomic E-state index is 6.17. The monoisotopic (exact) mass is 282 g/mol. The van der Waals surface area contributed by atoms with Gasteiger partial charge in [-0.2, -0.15) is 0 Å². The molecule has 2 aromatic carbocycles. The van der Waals surface area contributed by atoms with Gasteiger partial charge in [0.1, 0.15) is 0 Å². The van der Waals surface area contributed by atoms with E-state index >= 15 is 0 Å². The van der Waals surface area contributed by atoms with Gasteiger partial charge in [-0.3, -0.25) is 0 Å². The van der Waals surface area contributed by atoms with Gasteiger partial charge in [0.2, 0.25) is 0 Å². The molecule has 88 valence electrons. The van der Waals surface area contributed by atoms with Crippen LogP contribution in [0, 0.1) is 0 Å². The van der Waals surface area contributed by atoms with Crippen LogP contribution >= 0.6 is 35.0 Å². The van der Waals surface area contributed by atoms with E-state index in [0.29, 0.717) is 0 Å². The summed E-state index contributed by atoms with van der Waals surface area (Å²) >= 11 is 13.9. The minimum absolute atomic E-state index is 0.0417. The fraction of sp³-hybridized carbons (Fsp3) is 0.143. The largest absolute Gasteiger partial charge is 0.118 e. The second-order valence-corrected chi connectivity index (χ2v) is 5.92. The van der Waals surface area contributed by atoms with Crippen molar-refractivity contribution < 1.29 is 0 Å². The number of benzene rings is 2. The highest BCUT2D eigenvalue weighted by atomic mass is 35.5. The van der Waals surface area contributed by atoms with Gasteiger partial charge in [-0.1, -0.05) is 41.6 Å². The Labute approximate surface area is 116 Å². The zero-order valence-corrected chi connectivity index (χ0v) is 11.7. The first-order valence-electron chi connectivity index (χ1n) is 5.33. The highest BCUT2D eigenvalue weighted by molar-refractivity contribution is 7.99. The molecule has 1 unspecified atom stereocenters. The number of rotatable bonds is 3. The lowest BCUT2D eigenvalue weighted by molar-refractivity contribution is 1.03. The minimum atomic E-state index is -0.0417. The zero-order valence-electron chi connectivity index (χ0n) is 9.36. The molecule has 0 heterocycles. The summed E-state index contributed by atoms with van der Waals surface area (Å²) in [7, 11) is 0. The molecule has 17 heavy (non-hydrogen) atoms. The van der Waals surface area contributed by atoms with Crippen molar-refractivity contribution in [2.24, 2.45) is 0 Å². The smallest absolute Gasteiger partial charge is 0.0568 e. The average Bonchev–Trinajstić information content (AvgIpc) is 2.32. The Morgan fingerprint density at radius 2 is 1.76 bits per heavy atom. The Morgan fingerprint density at radius 1 is 1.06 bits per heavy atom. The van der Waals surface area contributed by atoms with Crippen molar-refractivity contribution in [3.8, 4) is 0 Å². The van der Waals surface area contributed by atoms with Crippen LogP contribution in [0.15, 0.2) is 58.3 Å². The molecule has 0 bridgehead atoms. The predicted octanol–water partition coefficient (Wildman–Crippen LogP) is 5.79. The number of alkyl halides is 1. The third-order valence-corrected chi connectivity index (χ3v) is 3.94. The summed E-state index contributed by atoms with van der Waals surface area (Å²) < 4.78 is 0. The van der Waals surface area contributed by atoms with Crippen molar-refractivity contribution in [3.63, 3.8) is 0 Å². The molecule has 0 radical (unpaired) electrons. The maximum Gasteiger partial charge on any atom is 0.0568 e. The predicted molar refractivity (Wildman–Crippen MR) is 76.3 cm³/mol. The molecule has 3 heteroatoms. The Balaban J connectivity index is 2.33. The average molecular weight is 283 g/mol. The molecule has 0 aliphatic carbocycles. The highest BCUT2D eigenvalue weighted by Crippen LogP contribution is 2.36. The van der Waals surface area contributed by atoms with E-state index in [-0.39, 0.29) is 5.38 Å². The van der Waals surface area contributed by atoms with Gasteiger partial charge in [-0.05, 0) is 42.8 Å². The SMILES string of the molecule is CC(Cl)c1cc(Cl)ccc1Sc1ccccc1. The van der Waals surface area contributed by atoms with Crippen molar-refractivity contribution in [2.45, 2.75) is 22.1 Å². The van der Waals surface area contributed by atoms with Crippen molar-refractivity contribution >= 4 is 35.0 Å². The van der Waals surface area contributed by atoms with Gasteiger partial charge in [0.05, 0.1) is 5.38 Å². The molecule has 2 aromatic rings. The van der Waals surface area contributed by atoms with E-state index in [1.165, 1.54) is 4.90 Å². The Hall–Kier alpha value is -0.630. The first-order valence-corrected chi connectivity index (χ1v) is 6.96. The molecular weight excluding hydrogens is 271 g/mol. The summed E-state index contributed by atoms with van der Waals surface area (Å²) in [6, 6.07) is 16.1. The minimum Gasteiger partial charge on any atom is -0.118 e. The van der Waals surface area contributed by atoms with Gasteiger partial charge in [-0.15, -0.1) is 11.6 Å². The molecule has 0 N–H and O–H groups in total. The van der Waals surface area contributed by atoms with Gasteiger partial charge in [0.25, 0.3) is 0 Å². The topological polar surface area (TPSA) is 0 Å². The standard InChI is InChI=1S/C14H12Cl2S/c1-10(15)13-9-11(16)7-8-14(13)17-12-5-3-2-4-6-12/h2-10H,1H3. The summed E-state index contributed by atoms with van der Waals surface area (Å²) in [5, 5.41) is 0.685. The first-order chi connectivity index (χ1) is 8.16. The number of halogens is 2. The zero-order chi connectivity index (χ0) is 12.3. The number of hydrogen-bond acceptors (Lipinski definition) is 1. The van der Waals surface area contributed by atoms with Crippen LogP contribution in [0.1, 0.15) is 17.9 Å². The molecule has 0 amide bonds. The summed E-state index contributed by atoms with van der Waals surface area (Å²) in [5.74, 6) is 0. The summed E-state index contributed by atoms with van der Waals surface area (Å²) in [4.78, 5) is 2.36. The van der Waals surface area contributed by atoms with Crippen molar-refractivity contribution in [1.82, 2.24) is 0 Å². The van der Waals surface area contributed by atoms with E-state index in [1.807, 2.05) is 43.3 Å². The molecule has 1 atom stereocenters. The summed E-state index contributed by atoms with van der Waals surface area (Å²) in [6.45, 7) is 1.96. The Bertz CT molecular complexity index is 495. The Kier molecular flexibility index (Phi) is 4.38. The third-order valence-electron chi connectivity index (χ3n) is 2.37. The molecule has 0 fully saturated rings. The van der Waals surface area contributed by atoms with Gasteiger partial charge >= 0.3 is 0 Å². The molecule has 2 rings (SSSR count). The molecule has 0 saturated carbocycles. The van der Waals surface area contributed by atoms with E-state index in [9.17, 15) is 0 Å². The fourth-order valence-electron chi connectivity index (χ4n) is 1.54. The Morgan fingerprint density at radius 3 is 2.41 bits per heavy atom. The molecule has 0 saturated heterocycles. The van der Waals surface area contributed by atoms with Gasteiger partial charge in [0.15, 0.2) is 0 Å². The molecule has 0 aromatic heterocycles. The van der Waals surface area contributed by atoms with Gasteiger partial charge in [-0.25, -0.2) is 0 Å². The van der Waals surface area contributed by atoms with Crippen LogP contribution < -0.4 is 0 Å². The van der Waals surface area contributed by atoms with E-state index in [2.05, 4.69) is 12.1 Å². The summed E-state index contributed by atoms with van der Waals surface area (Å²) in [6.07, 6.45) is 0. The molecule has 0 aliphatic heterocycles. The van der Waals surface area contributed by atoms with Gasteiger partial charge in [0, 0.05) is 14.8 Å². The molecule has 0 nitrogen and oxygen atoms in total. The van der Waals surface area contributed by atoms with Crippen molar-refractivity contribution in [3.05, 3.63) is 59.1 Å². The maximum absolute atomic E-state index is 6.17. The highest BCUT2D eigenvalue weighted by Gasteiger charge is 2.10. The van der Waals surface area contributed by atoms with E-state index in [4.69, 9.17) is 23.2 Å². The second-order valence-electron chi connectivity index (χ2n) is 3.71. The van der Waals surface area contributed by atoms with E-state index in [1.54, 1.807) is 11.8 Å². The molecular formula is C14H12Cl2S. The van der Waals surface area contributed by atoms with Crippen LogP contribution in [0.3, 0.4) is 0 Å². The quantitative estimate of drug-likeness (QED) is 0.642. The third kappa shape index (κ3) is 3.41. The lowest BCUT2D eigenvalue weighted by Crippen LogP contribution is -1.88. The normalized spacial score (nSPS) is 12.4. The second kappa shape index (κ2) is 5.81.